The Morgan fingerprint density at radius 1 is 1.08 bits per heavy atom. The van der Waals surface area contributed by atoms with Crippen molar-refractivity contribution in [2.75, 3.05) is 0 Å². The van der Waals surface area contributed by atoms with Gasteiger partial charge in [-0.2, -0.15) is 0 Å². The van der Waals surface area contributed by atoms with Crippen molar-refractivity contribution < 1.29 is 9.90 Å². The highest BCUT2D eigenvalue weighted by Crippen LogP contribution is 2.81. The van der Waals surface area contributed by atoms with Crippen molar-refractivity contribution >= 4 is 5.78 Å². The molecule has 24 heavy (non-hydrogen) atoms. The van der Waals surface area contributed by atoms with E-state index in [9.17, 15) is 9.90 Å². The summed E-state index contributed by atoms with van der Waals surface area (Å²) in [4.78, 5) is 11.8. The molecule has 0 heterocycles. The number of aliphatic hydroxyl groups is 1. The van der Waals surface area contributed by atoms with Crippen LogP contribution in [0.4, 0.5) is 0 Å². The Hall–Kier alpha value is -0.890. The number of rotatable bonds is 1. The van der Waals surface area contributed by atoms with Gasteiger partial charge < -0.3 is 5.11 Å². The SMILES string of the molecule is CC(O)C12CCC3(CC1)[C@@H]1CCC4=CC(=O)CCC4=C1CC[C@]23C. The Kier molecular flexibility index (Phi) is 2.97. The molecular weight excluding hydrogens is 296 g/mol. The molecule has 0 amide bonds. The van der Waals surface area contributed by atoms with Gasteiger partial charge in [0.1, 0.15) is 0 Å². The highest BCUT2D eigenvalue weighted by atomic mass is 16.3. The Bertz CT molecular complexity index is 672. The van der Waals surface area contributed by atoms with Gasteiger partial charge in [-0.05, 0) is 98.7 Å². The van der Waals surface area contributed by atoms with E-state index >= 15 is 0 Å². The van der Waals surface area contributed by atoms with Crippen LogP contribution in [0.1, 0.15) is 78.1 Å². The topological polar surface area (TPSA) is 37.3 Å². The summed E-state index contributed by atoms with van der Waals surface area (Å²) in [5.41, 5.74) is 5.58. The smallest absolute Gasteiger partial charge is 0.156 e. The second-order valence-corrected chi connectivity index (χ2v) is 9.55. The lowest BCUT2D eigenvalue weighted by Gasteiger charge is -2.56. The second kappa shape index (κ2) is 4.63. The van der Waals surface area contributed by atoms with E-state index in [2.05, 4.69) is 13.8 Å². The maximum Gasteiger partial charge on any atom is 0.156 e. The van der Waals surface area contributed by atoms with Crippen LogP contribution in [-0.4, -0.2) is 17.0 Å². The average Bonchev–Trinajstić information content (AvgIpc) is 2.99. The van der Waals surface area contributed by atoms with Gasteiger partial charge in [0.15, 0.2) is 5.78 Å². The monoisotopic (exact) mass is 326 g/mol. The largest absolute Gasteiger partial charge is 0.393 e. The van der Waals surface area contributed by atoms with E-state index in [0.29, 0.717) is 16.6 Å². The molecule has 0 aromatic heterocycles. The van der Waals surface area contributed by atoms with Crippen molar-refractivity contribution in [1.29, 1.82) is 0 Å². The highest BCUT2D eigenvalue weighted by molar-refractivity contribution is 5.93. The van der Waals surface area contributed by atoms with Crippen molar-refractivity contribution in [3.8, 4) is 0 Å². The Morgan fingerprint density at radius 3 is 2.54 bits per heavy atom. The van der Waals surface area contributed by atoms with Crippen LogP contribution >= 0.6 is 0 Å². The minimum Gasteiger partial charge on any atom is -0.393 e. The number of fused-ring (bicyclic) bond motifs is 2. The first-order valence-electron chi connectivity index (χ1n) is 10.1. The lowest BCUT2D eigenvalue weighted by molar-refractivity contribution is -0.114. The van der Waals surface area contributed by atoms with Crippen LogP contribution in [0.3, 0.4) is 0 Å². The summed E-state index contributed by atoms with van der Waals surface area (Å²) in [6.45, 7) is 4.58. The van der Waals surface area contributed by atoms with Crippen molar-refractivity contribution in [3.05, 3.63) is 22.8 Å². The number of hydrogen-bond acceptors (Lipinski definition) is 2. The quantitative estimate of drug-likeness (QED) is 0.757. The summed E-state index contributed by atoms with van der Waals surface area (Å²) in [5.74, 6) is 1.06. The molecule has 2 heteroatoms. The van der Waals surface area contributed by atoms with Gasteiger partial charge in [0.2, 0.25) is 0 Å². The fraction of sp³-hybridized carbons (Fsp3) is 0.773. The summed E-state index contributed by atoms with van der Waals surface area (Å²) >= 11 is 0. The second-order valence-electron chi connectivity index (χ2n) is 9.55. The molecule has 1 unspecified atom stereocenters. The first-order valence-corrected chi connectivity index (χ1v) is 10.1. The summed E-state index contributed by atoms with van der Waals surface area (Å²) in [6.07, 6.45) is 13.4. The minimum atomic E-state index is -0.174. The number of ketones is 1. The Morgan fingerprint density at radius 2 is 1.83 bits per heavy atom. The van der Waals surface area contributed by atoms with Crippen molar-refractivity contribution in [3.63, 3.8) is 0 Å². The molecule has 5 rings (SSSR count). The fourth-order valence-electron chi connectivity index (χ4n) is 8.21. The van der Waals surface area contributed by atoms with Crippen molar-refractivity contribution in [2.24, 2.45) is 22.2 Å². The van der Waals surface area contributed by atoms with E-state index in [0.717, 1.165) is 25.2 Å². The van der Waals surface area contributed by atoms with Gasteiger partial charge in [-0.3, -0.25) is 4.79 Å². The first kappa shape index (κ1) is 15.4. The fourth-order valence-corrected chi connectivity index (χ4v) is 8.21. The normalized spacial score (nSPS) is 47.9. The molecule has 0 aliphatic heterocycles. The summed E-state index contributed by atoms with van der Waals surface area (Å²) in [6, 6.07) is 0. The third-order valence-corrected chi connectivity index (χ3v) is 9.45. The van der Waals surface area contributed by atoms with Gasteiger partial charge in [0.25, 0.3) is 0 Å². The van der Waals surface area contributed by atoms with Gasteiger partial charge in [0.05, 0.1) is 6.10 Å². The van der Waals surface area contributed by atoms with Crippen LogP contribution in [0.25, 0.3) is 0 Å². The van der Waals surface area contributed by atoms with Crippen LogP contribution in [0.15, 0.2) is 22.8 Å². The highest BCUT2D eigenvalue weighted by Gasteiger charge is 2.73. The number of hydrogen-bond donors (Lipinski definition) is 1. The third kappa shape index (κ3) is 1.51. The molecular formula is C22H30O2. The average molecular weight is 326 g/mol. The molecule has 5 aliphatic carbocycles. The van der Waals surface area contributed by atoms with E-state index in [1.54, 1.807) is 11.1 Å². The number of carbonyl (C=O) groups is 1. The molecule has 3 atom stereocenters. The molecule has 1 N–H and O–H groups in total. The predicted octanol–water partition coefficient (Wildman–Crippen LogP) is 4.72. The van der Waals surface area contributed by atoms with Crippen LogP contribution in [-0.2, 0) is 4.79 Å². The van der Waals surface area contributed by atoms with Gasteiger partial charge in [0, 0.05) is 11.8 Å². The molecule has 2 bridgehead atoms. The van der Waals surface area contributed by atoms with Crippen molar-refractivity contribution in [1.82, 2.24) is 0 Å². The van der Waals surface area contributed by atoms with Gasteiger partial charge >= 0.3 is 0 Å². The summed E-state index contributed by atoms with van der Waals surface area (Å²) < 4.78 is 0. The molecule has 2 nitrogen and oxygen atoms in total. The number of carbonyl (C=O) groups excluding carboxylic acids is 1. The zero-order valence-electron chi connectivity index (χ0n) is 15.2. The summed E-state index contributed by atoms with van der Waals surface area (Å²) in [5, 5.41) is 10.7. The van der Waals surface area contributed by atoms with E-state index in [-0.39, 0.29) is 11.5 Å². The van der Waals surface area contributed by atoms with Crippen LogP contribution in [0.2, 0.25) is 0 Å². The molecule has 0 radical (unpaired) electrons. The maximum absolute atomic E-state index is 11.8. The van der Waals surface area contributed by atoms with Gasteiger partial charge in [-0.25, -0.2) is 0 Å². The van der Waals surface area contributed by atoms with Gasteiger partial charge in [-0.15, -0.1) is 0 Å². The number of allylic oxidation sites excluding steroid dienone is 4. The molecule has 0 aromatic rings. The van der Waals surface area contributed by atoms with E-state index < -0.39 is 0 Å². The van der Waals surface area contributed by atoms with Crippen LogP contribution in [0.5, 0.6) is 0 Å². The minimum absolute atomic E-state index is 0.168. The van der Waals surface area contributed by atoms with Crippen LogP contribution < -0.4 is 0 Å². The Labute approximate surface area is 145 Å². The molecule has 3 saturated carbocycles. The Balaban J connectivity index is 1.63. The molecule has 5 aliphatic rings. The van der Waals surface area contributed by atoms with Gasteiger partial charge in [-0.1, -0.05) is 12.5 Å². The molecule has 0 aromatic carbocycles. The van der Waals surface area contributed by atoms with E-state index in [1.807, 2.05) is 6.08 Å². The molecule has 0 spiro atoms. The van der Waals surface area contributed by atoms with E-state index in [4.69, 9.17) is 0 Å². The predicted molar refractivity (Wildman–Crippen MR) is 94.4 cm³/mol. The standard InChI is InChI=1S/C22H30O2/c1-14(23)21-9-11-22(12-10-21)19-6-3-15-13-16(24)4-5-17(15)18(19)7-8-20(21,22)2/h13-14,19,23H,3-12H2,1-2H3/t14?,19-,20-,21?,22?/m1/s1. The first-order chi connectivity index (χ1) is 11.4. The molecule has 130 valence electrons. The third-order valence-electron chi connectivity index (χ3n) is 9.45. The van der Waals surface area contributed by atoms with E-state index in [1.165, 1.54) is 50.5 Å². The molecule has 3 fully saturated rings. The maximum atomic E-state index is 11.8. The lowest BCUT2D eigenvalue weighted by atomic mass is 9.48. The lowest BCUT2D eigenvalue weighted by Crippen LogP contribution is -2.50. The number of aliphatic hydroxyl groups excluding tert-OH is 1. The zero-order valence-corrected chi connectivity index (χ0v) is 15.2. The molecule has 0 saturated heterocycles. The summed E-state index contributed by atoms with van der Waals surface area (Å²) in [7, 11) is 0. The van der Waals surface area contributed by atoms with Crippen LogP contribution in [0, 0.1) is 22.2 Å². The van der Waals surface area contributed by atoms with Crippen molar-refractivity contribution in [2.45, 2.75) is 84.2 Å². The zero-order chi connectivity index (χ0) is 16.7.